The number of carbonyl (C=O) groups excluding carboxylic acids is 1. The Kier molecular flexibility index (Phi) is 3.69. The Hall–Kier alpha value is -2.96. The lowest BCUT2D eigenvalue weighted by Gasteiger charge is -2.09. The molecule has 7 nitrogen and oxygen atoms in total. The van der Waals surface area contributed by atoms with Gasteiger partial charge in [-0.2, -0.15) is 0 Å². The molecule has 0 aliphatic carbocycles. The topological polar surface area (TPSA) is 85.8 Å². The lowest BCUT2D eigenvalue weighted by Crippen LogP contribution is -2.15. The van der Waals surface area contributed by atoms with Gasteiger partial charge in [-0.25, -0.2) is 0 Å². The zero-order valence-electron chi connectivity index (χ0n) is 12.3. The van der Waals surface area contributed by atoms with Crippen LogP contribution in [0, 0.1) is 6.92 Å². The van der Waals surface area contributed by atoms with Crippen molar-refractivity contribution < 1.29 is 9.32 Å². The van der Waals surface area contributed by atoms with Gasteiger partial charge in [-0.15, -0.1) is 10.2 Å². The van der Waals surface area contributed by atoms with E-state index in [0.29, 0.717) is 17.1 Å². The van der Waals surface area contributed by atoms with Gasteiger partial charge in [-0.3, -0.25) is 14.7 Å². The maximum Gasteiger partial charge on any atom is 0.260 e. The number of hydrogen-bond acceptors (Lipinski definition) is 5. The van der Waals surface area contributed by atoms with Crippen LogP contribution in [0.15, 0.2) is 41.4 Å². The number of aryl methyl sites for hydroxylation is 1. The van der Waals surface area contributed by atoms with E-state index < -0.39 is 0 Å². The first-order valence-corrected chi connectivity index (χ1v) is 6.91. The first-order valence-electron chi connectivity index (χ1n) is 6.91. The number of aromatic nitrogens is 4. The van der Waals surface area contributed by atoms with Crippen molar-refractivity contribution in [2.24, 2.45) is 0 Å². The van der Waals surface area contributed by atoms with E-state index in [0.717, 1.165) is 17.7 Å². The fourth-order valence-electron chi connectivity index (χ4n) is 2.29. The molecule has 0 saturated heterocycles. The number of carbonyl (C=O) groups is 1. The van der Waals surface area contributed by atoms with Crippen molar-refractivity contribution in [2.45, 2.75) is 20.3 Å². The Bertz CT molecular complexity index is 792. The van der Waals surface area contributed by atoms with Crippen LogP contribution in [-0.2, 0) is 6.42 Å². The Balaban J connectivity index is 1.93. The van der Waals surface area contributed by atoms with Gasteiger partial charge >= 0.3 is 0 Å². The third kappa shape index (κ3) is 2.48. The molecule has 2 aromatic heterocycles. The first kappa shape index (κ1) is 14.0. The molecule has 0 aliphatic rings. The fraction of sp³-hybridized carbons (Fsp3) is 0.200. The number of para-hydroxylation sites is 1. The van der Waals surface area contributed by atoms with Crippen molar-refractivity contribution in [3.8, 4) is 5.69 Å². The number of amides is 1. The van der Waals surface area contributed by atoms with Gasteiger partial charge in [0.1, 0.15) is 12.7 Å². The van der Waals surface area contributed by atoms with Gasteiger partial charge in [0.05, 0.1) is 16.9 Å². The highest BCUT2D eigenvalue weighted by molar-refractivity contribution is 6.06. The van der Waals surface area contributed by atoms with Crippen molar-refractivity contribution in [1.29, 1.82) is 0 Å². The molecule has 7 heteroatoms. The van der Waals surface area contributed by atoms with Gasteiger partial charge < -0.3 is 4.52 Å². The van der Waals surface area contributed by atoms with Gasteiger partial charge in [-0.05, 0) is 25.5 Å². The van der Waals surface area contributed by atoms with Crippen molar-refractivity contribution in [3.63, 3.8) is 0 Å². The first-order chi connectivity index (χ1) is 10.7. The summed E-state index contributed by atoms with van der Waals surface area (Å²) in [4.78, 5) is 12.6. The van der Waals surface area contributed by atoms with Gasteiger partial charge in [0, 0.05) is 5.56 Å². The number of nitrogens with one attached hydrogen (secondary N) is 1. The highest BCUT2D eigenvalue weighted by Gasteiger charge is 2.17. The maximum atomic E-state index is 12.6. The summed E-state index contributed by atoms with van der Waals surface area (Å²) in [7, 11) is 0. The molecule has 22 heavy (non-hydrogen) atoms. The smallest absolute Gasteiger partial charge is 0.260 e. The Morgan fingerprint density at radius 2 is 2.00 bits per heavy atom. The molecule has 0 bridgehead atoms. The average molecular weight is 297 g/mol. The summed E-state index contributed by atoms with van der Waals surface area (Å²) in [6, 6.07) is 7.21. The van der Waals surface area contributed by atoms with Crippen LogP contribution in [0.1, 0.15) is 28.5 Å². The second kappa shape index (κ2) is 5.80. The molecule has 1 aromatic carbocycles. The summed E-state index contributed by atoms with van der Waals surface area (Å²) in [6.45, 7) is 3.84. The average Bonchev–Trinajstić information content (AvgIpc) is 3.17. The molecule has 2 heterocycles. The summed E-state index contributed by atoms with van der Waals surface area (Å²) in [6.07, 6.45) is 3.82. The number of rotatable bonds is 4. The second-order valence-electron chi connectivity index (χ2n) is 4.77. The Morgan fingerprint density at radius 1 is 1.27 bits per heavy atom. The molecule has 0 saturated carbocycles. The lowest BCUT2D eigenvalue weighted by atomic mass is 10.1. The van der Waals surface area contributed by atoms with Crippen LogP contribution in [0.4, 0.5) is 5.88 Å². The van der Waals surface area contributed by atoms with Gasteiger partial charge in [0.25, 0.3) is 5.91 Å². The van der Waals surface area contributed by atoms with E-state index in [1.54, 1.807) is 29.4 Å². The highest BCUT2D eigenvalue weighted by Crippen LogP contribution is 2.22. The van der Waals surface area contributed by atoms with E-state index in [2.05, 4.69) is 20.7 Å². The molecular weight excluding hydrogens is 282 g/mol. The summed E-state index contributed by atoms with van der Waals surface area (Å²) >= 11 is 0. The van der Waals surface area contributed by atoms with Crippen molar-refractivity contribution in [2.75, 3.05) is 5.32 Å². The van der Waals surface area contributed by atoms with E-state index in [1.807, 2.05) is 26.0 Å². The zero-order valence-corrected chi connectivity index (χ0v) is 12.3. The summed E-state index contributed by atoms with van der Waals surface area (Å²) in [5.41, 5.74) is 2.87. The molecule has 3 aromatic rings. The summed E-state index contributed by atoms with van der Waals surface area (Å²) < 4.78 is 6.88. The van der Waals surface area contributed by atoms with Crippen LogP contribution in [0.5, 0.6) is 0 Å². The van der Waals surface area contributed by atoms with Crippen LogP contribution in [0.2, 0.25) is 0 Å². The minimum atomic E-state index is -0.268. The second-order valence-corrected chi connectivity index (χ2v) is 4.77. The summed E-state index contributed by atoms with van der Waals surface area (Å²) in [5, 5.41) is 14.2. The SMILES string of the molecule is CCc1c(C)noc1NC(=O)c1ccccc1-n1cnnc1. The minimum Gasteiger partial charge on any atom is -0.338 e. The van der Waals surface area contributed by atoms with Gasteiger partial charge in [-0.1, -0.05) is 24.2 Å². The molecule has 3 rings (SSSR count). The molecule has 0 radical (unpaired) electrons. The third-order valence-corrected chi connectivity index (χ3v) is 3.41. The highest BCUT2D eigenvalue weighted by atomic mass is 16.5. The maximum absolute atomic E-state index is 12.6. The van der Waals surface area contributed by atoms with Crippen molar-refractivity contribution in [3.05, 3.63) is 53.7 Å². The lowest BCUT2D eigenvalue weighted by molar-refractivity contribution is 0.102. The largest absolute Gasteiger partial charge is 0.338 e. The quantitative estimate of drug-likeness (QED) is 0.799. The van der Waals surface area contributed by atoms with Crippen LogP contribution < -0.4 is 5.32 Å². The third-order valence-electron chi connectivity index (χ3n) is 3.41. The molecule has 112 valence electrons. The van der Waals surface area contributed by atoms with E-state index in [1.165, 1.54) is 0 Å². The minimum absolute atomic E-state index is 0.268. The van der Waals surface area contributed by atoms with E-state index in [9.17, 15) is 4.79 Å². The van der Waals surface area contributed by atoms with Crippen molar-refractivity contribution >= 4 is 11.8 Å². The normalized spacial score (nSPS) is 10.6. The monoisotopic (exact) mass is 297 g/mol. The predicted molar refractivity (Wildman–Crippen MR) is 79.9 cm³/mol. The number of anilines is 1. The van der Waals surface area contributed by atoms with E-state index in [-0.39, 0.29) is 5.91 Å². The molecule has 0 atom stereocenters. The van der Waals surface area contributed by atoms with Gasteiger partial charge in [0.2, 0.25) is 5.88 Å². The van der Waals surface area contributed by atoms with E-state index in [4.69, 9.17) is 4.52 Å². The predicted octanol–water partition coefficient (Wildman–Crippen LogP) is 2.38. The standard InChI is InChI=1S/C15H15N5O2/c1-3-11-10(2)19-22-15(11)18-14(21)12-6-4-5-7-13(12)20-8-16-17-9-20/h4-9H,3H2,1-2H3,(H,18,21). The van der Waals surface area contributed by atoms with E-state index >= 15 is 0 Å². The number of benzene rings is 1. The van der Waals surface area contributed by atoms with Crippen molar-refractivity contribution in [1.82, 2.24) is 19.9 Å². The van der Waals surface area contributed by atoms with Crippen LogP contribution >= 0.6 is 0 Å². The van der Waals surface area contributed by atoms with Crippen LogP contribution in [-0.4, -0.2) is 25.8 Å². The number of nitrogens with zero attached hydrogens (tertiary/aromatic N) is 4. The number of hydrogen-bond donors (Lipinski definition) is 1. The van der Waals surface area contributed by atoms with Gasteiger partial charge in [0.15, 0.2) is 0 Å². The molecule has 0 unspecified atom stereocenters. The fourth-order valence-corrected chi connectivity index (χ4v) is 2.29. The Morgan fingerprint density at radius 3 is 2.73 bits per heavy atom. The molecule has 0 aliphatic heterocycles. The van der Waals surface area contributed by atoms with Crippen LogP contribution in [0.3, 0.4) is 0 Å². The zero-order chi connectivity index (χ0) is 15.5. The molecule has 0 fully saturated rings. The Labute approximate surface area is 127 Å². The van der Waals surface area contributed by atoms with Crippen LogP contribution in [0.25, 0.3) is 5.69 Å². The molecule has 1 amide bonds. The summed E-state index contributed by atoms with van der Waals surface area (Å²) in [5.74, 6) is 0.124. The molecular formula is C15H15N5O2. The molecule has 1 N–H and O–H groups in total. The molecule has 0 spiro atoms.